The fourth-order valence-corrected chi connectivity index (χ4v) is 6.07. The minimum absolute atomic E-state index is 0.0245. The van der Waals surface area contributed by atoms with E-state index >= 15 is 0 Å². The van der Waals surface area contributed by atoms with E-state index in [1.807, 2.05) is 0 Å². The average molecular weight is 605 g/mol. The van der Waals surface area contributed by atoms with Gasteiger partial charge in [-0.2, -0.15) is 0 Å². The zero-order valence-corrected chi connectivity index (χ0v) is 23.9. The Labute approximate surface area is 243 Å². The monoisotopic (exact) mass is 604 g/mol. The van der Waals surface area contributed by atoms with Crippen molar-refractivity contribution in [1.82, 2.24) is 15.3 Å². The van der Waals surface area contributed by atoms with E-state index in [0.29, 0.717) is 60.4 Å². The lowest BCUT2D eigenvalue weighted by Gasteiger charge is -2.34. The van der Waals surface area contributed by atoms with Crippen LogP contribution >= 0.6 is 22.9 Å². The Bertz CT molecular complexity index is 1500. The minimum atomic E-state index is -1.21. The zero-order valence-electron chi connectivity index (χ0n) is 22.3. The first-order valence-corrected chi connectivity index (χ1v) is 14.4. The summed E-state index contributed by atoms with van der Waals surface area (Å²) in [6.45, 7) is 2.04. The molecular formula is C28H27ClF2N4O5S. The van der Waals surface area contributed by atoms with Gasteiger partial charge >= 0.3 is 11.9 Å². The molecule has 1 unspecified atom stereocenters. The topological polar surface area (TPSA) is 116 Å². The molecule has 9 nitrogen and oxygen atoms in total. The molecule has 0 saturated heterocycles. The number of allylic oxidation sites excluding steroid dienone is 1. The maximum absolute atomic E-state index is 14.5. The molecule has 0 radical (unpaired) electrons. The van der Waals surface area contributed by atoms with Crippen LogP contribution in [0.3, 0.4) is 0 Å². The molecule has 1 fully saturated rings. The molecule has 216 valence electrons. The van der Waals surface area contributed by atoms with Crippen LogP contribution in [0.15, 0.2) is 50.7 Å². The second-order valence-corrected chi connectivity index (χ2v) is 10.9. The molecule has 1 saturated carbocycles. The van der Waals surface area contributed by atoms with Crippen LogP contribution in [0.25, 0.3) is 0 Å². The highest BCUT2D eigenvalue weighted by molar-refractivity contribution is 7.11. The number of thiazole rings is 1. The van der Waals surface area contributed by atoms with Gasteiger partial charge in [0.05, 0.1) is 36.4 Å². The smallest absolute Gasteiger partial charge is 0.338 e. The van der Waals surface area contributed by atoms with Crippen molar-refractivity contribution < 1.29 is 32.3 Å². The van der Waals surface area contributed by atoms with Gasteiger partial charge in [0.1, 0.15) is 12.3 Å². The van der Waals surface area contributed by atoms with E-state index in [1.165, 1.54) is 30.8 Å². The summed E-state index contributed by atoms with van der Waals surface area (Å²) in [5.74, 6) is -2.48. The van der Waals surface area contributed by atoms with E-state index in [-0.39, 0.29) is 35.4 Å². The lowest BCUT2D eigenvalue weighted by Crippen LogP contribution is -2.37. The van der Waals surface area contributed by atoms with Crippen LogP contribution in [0.4, 0.5) is 8.78 Å². The van der Waals surface area contributed by atoms with Gasteiger partial charge in [-0.15, -0.1) is 11.3 Å². The molecule has 0 amide bonds. The van der Waals surface area contributed by atoms with Crippen molar-refractivity contribution in [2.45, 2.75) is 51.0 Å². The molecule has 3 heterocycles. The minimum Gasteiger partial charge on any atom is -0.466 e. The molecular weight excluding hydrogens is 578 g/mol. The average Bonchev–Trinajstić information content (AvgIpc) is 3.68. The number of carbonyl (C=O) groups excluding carboxylic acids is 2. The summed E-state index contributed by atoms with van der Waals surface area (Å²) in [4.78, 5) is 38.5. The van der Waals surface area contributed by atoms with Crippen LogP contribution in [0.2, 0.25) is 5.02 Å². The SMILES string of the molecule is CCOC(=O)Cc1coc(C2CCC(C3=C(C(=O)OC)C(c4ccc(F)c(F)c4Cl)N=C(c4nccs4)N3)CC2)n1. The predicted molar refractivity (Wildman–Crippen MR) is 146 cm³/mol. The molecule has 0 bridgehead atoms. The van der Waals surface area contributed by atoms with Gasteiger partial charge in [0.2, 0.25) is 0 Å². The van der Waals surface area contributed by atoms with E-state index in [2.05, 4.69) is 20.3 Å². The molecule has 2 aromatic heterocycles. The number of ether oxygens (including phenoxy) is 2. The fourth-order valence-electron chi connectivity index (χ4n) is 5.23. The number of amidine groups is 1. The van der Waals surface area contributed by atoms with Gasteiger partial charge in [0.25, 0.3) is 0 Å². The number of benzene rings is 1. The molecule has 2 aliphatic rings. The normalized spacial score (nSPS) is 20.8. The molecule has 1 N–H and O–H groups in total. The van der Waals surface area contributed by atoms with Gasteiger partial charge in [-0.25, -0.2) is 23.5 Å². The number of carbonyl (C=O) groups is 2. The molecule has 5 rings (SSSR count). The van der Waals surface area contributed by atoms with E-state index in [0.717, 1.165) is 6.07 Å². The fraction of sp³-hybridized carbons (Fsp3) is 0.393. The highest BCUT2D eigenvalue weighted by Crippen LogP contribution is 2.44. The third-order valence-electron chi connectivity index (χ3n) is 7.16. The highest BCUT2D eigenvalue weighted by Gasteiger charge is 2.39. The second kappa shape index (κ2) is 12.5. The number of methoxy groups -OCH3 is 1. The molecule has 13 heteroatoms. The summed E-state index contributed by atoms with van der Waals surface area (Å²) in [6.07, 6.45) is 5.86. The Morgan fingerprint density at radius 3 is 2.63 bits per heavy atom. The van der Waals surface area contributed by atoms with Crippen molar-refractivity contribution in [1.29, 1.82) is 0 Å². The summed E-state index contributed by atoms with van der Waals surface area (Å²) in [5.41, 5.74) is 1.41. The Morgan fingerprint density at radius 2 is 1.95 bits per heavy atom. The Morgan fingerprint density at radius 1 is 1.20 bits per heavy atom. The standard InChI is InChI=1S/C28H27ClF2N4O5S/c1-3-39-19(36)12-16-13-40-26(33-16)15-6-4-14(5-7-15)23-20(28(37)38-2)24(17-8-9-18(30)22(31)21(17)29)35-25(34-23)27-32-10-11-41-27/h8-11,13-15,24H,3-7,12H2,1-2H3,(H,34,35). The van der Waals surface area contributed by atoms with Gasteiger partial charge in [0, 0.05) is 28.8 Å². The Balaban J connectivity index is 1.45. The Kier molecular flexibility index (Phi) is 8.79. The molecule has 1 atom stereocenters. The van der Waals surface area contributed by atoms with Gasteiger partial charge in [-0.1, -0.05) is 17.7 Å². The number of aromatic nitrogens is 2. The van der Waals surface area contributed by atoms with Crippen molar-refractivity contribution in [3.63, 3.8) is 0 Å². The quantitative estimate of drug-likeness (QED) is 0.259. The molecule has 0 spiro atoms. The van der Waals surface area contributed by atoms with E-state index < -0.39 is 28.7 Å². The number of hydrogen-bond donors (Lipinski definition) is 1. The molecule has 1 aliphatic carbocycles. The third kappa shape index (κ3) is 6.03. The van der Waals surface area contributed by atoms with Crippen LogP contribution in [0.1, 0.15) is 66.7 Å². The molecule has 1 aliphatic heterocycles. The van der Waals surface area contributed by atoms with Gasteiger partial charge in [0.15, 0.2) is 28.4 Å². The maximum Gasteiger partial charge on any atom is 0.338 e. The number of halogens is 3. The van der Waals surface area contributed by atoms with Gasteiger partial charge in [-0.05, 0) is 44.6 Å². The van der Waals surface area contributed by atoms with E-state index in [4.69, 9.17) is 25.5 Å². The van der Waals surface area contributed by atoms with Crippen molar-refractivity contribution >= 4 is 40.7 Å². The van der Waals surface area contributed by atoms with Crippen molar-refractivity contribution in [3.05, 3.63) is 80.1 Å². The number of aliphatic imine (C=N–C) groups is 1. The number of oxazole rings is 1. The van der Waals surface area contributed by atoms with Crippen LogP contribution in [-0.2, 0) is 25.5 Å². The first-order chi connectivity index (χ1) is 19.8. The molecule has 1 aromatic carbocycles. The largest absolute Gasteiger partial charge is 0.466 e. The summed E-state index contributed by atoms with van der Waals surface area (Å²) in [7, 11) is 1.25. The van der Waals surface area contributed by atoms with Crippen molar-refractivity contribution in [2.75, 3.05) is 13.7 Å². The zero-order chi connectivity index (χ0) is 29.1. The number of esters is 2. The van der Waals surface area contributed by atoms with Crippen LogP contribution in [-0.4, -0.2) is 41.5 Å². The summed E-state index contributed by atoms with van der Waals surface area (Å²) < 4.78 is 44.3. The Hall–Kier alpha value is -3.64. The lowest BCUT2D eigenvalue weighted by molar-refractivity contribution is -0.142. The third-order valence-corrected chi connectivity index (χ3v) is 8.32. The van der Waals surface area contributed by atoms with Gasteiger partial charge < -0.3 is 19.2 Å². The first kappa shape index (κ1) is 28.9. The number of hydrogen-bond acceptors (Lipinski definition) is 10. The number of nitrogens with zero attached hydrogens (tertiary/aromatic N) is 3. The van der Waals surface area contributed by atoms with Crippen molar-refractivity contribution in [3.8, 4) is 0 Å². The summed E-state index contributed by atoms with van der Waals surface area (Å²) in [5, 5.41) is 5.21. The highest BCUT2D eigenvalue weighted by atomic mass is 35.5. The maximum atomic E-state index is 14.5. The van der Waals surface area contributed by atoms with Crippen LogP contribution < -0.4 is 5.32 Å². The van der Waals surface area contributed by atoms with Crippen LogP contribution in [0.5, 0.6) is 0 Å². The molecule has 41 heavy (non-hydrogen) atoms. The number of nitrogens with one attached hydrogen (secondary N) is 1. The van der Waals surface area contributed by atoms with Crippen LogP contribution in [0, 0.1) is 17.6 Å². The van der Waals surface area contributed by atoms with E-state index in [1.54, 1.807) is 18.5 Å². The number of rotatable bonds is 8. The summed E-state index contributed by atoms with van der Waals surface area (Å²) >= 11 is 7.59. The summed E-state index contributed by atoms with van der Waals surface area (Å²) in [6, 6.07) is 1.24. The second-order valence-electron chi connectivity index (χ2n) is 9.63. The van der Waals surface area contributed by atoms with Gasteiger partial charge in [-0.3, -0.25) is 9.79 Å². The first-order valence-electron chi connectivity index (χ1n) is 13.1. The van der Waals surface area contributed by atoms with E-state index in [9.17, 15) is 18.4 Å². The predicted octanol–water partition coefficient (Wildman–Crippen LogP) is 5.66. The lowest BCUT2D eigenvalue weighted by atomic mass is 9.78. The van der Waals surface area contributed by atoms with Crippen molar-refractivity contribution in [2.24, 2.45) is 10.9 Å². The molecule has 3 aromatic rings.